The molecule has 18 heavy (non-hydrogen) atoms. The van der Waals surface area contributed by atoms with E-state index >= 15 is 0 Å². The predicted octanol–water partition coefficient (Wildman–Crippen LogP) is 0.358. The van der Waals surface area contributed by atoms with Crippen LogP contribution in [0.1, 0.15) is 33.6 Å². The standard InChI is InChI=1S/C13H25N3O2/c1-5-16(4)13(18)10(3)15-12(17)11-8-9(2)6-7-14-11/h9-11,14H,5-8H2,1-4H3,(H,15,17). The number of rotatable bonds is 4. The van der Waals surface area contributed by atoms with E-state index in [0.29, 0.717) is 12.5 Å². The second-order valence-corrected chi connectivity index (χ2v) is 5.22. The van der Waals surface area contributed by atoms with E-state index in [2.05, 4.69) is 17.6 Å². The zero-order valence-electron chi connectivity index (χ0n) is 11.8. The van der Waals surface area contributed by atoms with Gasteiger partial charge in [0.2, 0.25) is 11.8 Å². The maximum atomic E-state index is 12.0. The number of piperidine rings is 1. The number of hydrogen-bond donors (Lipinski definition) is 2. The van der Waals surface area contributed by atoms with E-state index in [1.165, 1.54) is 0 Å². The van der Waals surface area contributed by atoms with Crippen LogP contribution in [-0.4, -0.2) is 48.9 Å². The summed E-state index contributed by atoms with van der Waals surface area (Å²) in [5, 5.41) is 5.99. The first-order chi connectivity index (χ1) is 8.45. The van der Waals surface area contributed by atoms with E-state index in [-0.39, 0.29) is 17.9 Å². The van der Waals surface area contributed by atoms with Crippen molar-refractivity contribution in [2.24, 2.45) is 5.92 Å². The maximum Gasteiger partial charge on any atom is 0.244 e. The molecule has 5 heteroatoms. The van der Waals surface area contributed by atoms with Crippen LogP contribution in [0, 0.1) is 5.92 Å². The Morgan fingerprint density at radius 1 is 1.50 bits per heavy atom. The molecule has 1 rings (SSSR count). The zero-order chi connectivity index (χ0) is 13.7. The van der Waals surface area contributed by atoms with E-state index in [0.717, 1.165) is 19.4 Å². The Bertz CT molecular complexity index is 307. The minimum Gasteiger partial charge on any atom is -0.344 e. The molecule has 0 aliphatic carbocycles. The summed E-state index contributed by atoms with van der Waals surface area (Å²) in [6.07, 6.45) is 1.95. The van der Waals surface area contributed by atoms with Crippen molar-refractivity contribution in [3.8, 4) is 0 Å². The van der Waals surface area contributed by atoms with Crippen molar-refractivity contribution in [2.45, 2.75) is 45.7 Å². The molecule has 1 saturated heterocycles. The Morgan fingerprint density at radius 2 is 2.17 bits per heavy atom. The van der Waals surface area contributed by atoms with Crippen molar-refractivity contribution < 1.29 is 9.59 Å². The molecule has 0 aromatic heterocycles. The first-order valence-corrected chi connectivity index (χ1v) is 6.74. The van der Waals surface area contributed by atoms with Crippen molar-refractivity contribution >= 4 is 11.8 Å². The number of amides is 2. The van der Waals surface area contributed by atoms with Crippen LogP contribution in [0.3, 0.4) is 0 Å². The Kier molecular flexibility index (Phi) is 5.59. The van der Waals surface area contributed by atoms with E-state index in [9.17, 15) is 9.59 Å². The van der Waals surface area contributed by atoms with Crippen LogP contribution < -0.4 is 10.6 Å². The van der Waals surface area contributed by atoms with Gasteiger partial charge in [0.15, 0.2) is 0 Å². The van der Waals surface area contributed by atoms with Crippen LogP contribution in [0.15, 0.2) is 0 Å². The predicted molar refractivity (Wildman–Crippen MR) is 71.1 cm³/mol. The lowest BCUT2D eigenvalue weighted by atomic mass is 9.94. The van der Waals surface area contributed by atoms with E-state index < -0.39 is 6.04 Å². The summed E-state index contributed by atoms with van der Waals surface area (Å²) >= 11 is 0. The fraction of sp³-hybridized carbons (Fsp3) is 0.846. The zero-order valence-corrected chi connectivity index (χ0v) is 11.8. The van der Waals surface area contributed by atoms with Gasteiger partial charge in [-0.25, -0.2) is 0 Å². The Morgan fingerprint density at radius 3 is 2.72 bits per heavy atom. The SMILES string of the molecule is CCN(C)C(=O)C(C)NC(=O)C1CC(C)CCN1. The first kappa shape index (κ1) is 15.0. The molecule has 2 amide bonds. The van der Waals surface area contributed by atoms with Gasteiger partial charge in [-0.1, -0.05) is 6.92 Å². The summed E-state index contributed by atoms with van der Waals surface area (Å²) < 4.78 is 0. The largest absolute Gasteiger partial charge is 0.344 e. The summed E-state index contributed by atoms with van der Waals surface area (Å²) in [4.78, 5) is 25.5. The number of hydrogen-bond acceptors (Lipinski definition) is 3. The third kappa shape index (κ3) is 3.98. The highest BCUT2D eigenvalue weighted by molar-refractivity contribution is 5.89. The molecule has 104 valence electrons. The molecule has 5 nitrogen and oxygen atoms in total. The lowest BCUT2D eigenvalue weighted by Crippen LogP contribution is -2.53. The van der Waals surface area contributed by atoms with Gasteiger partial charge in [-0.3, -0.25) is 9.59 Å². The normalized spacial score (nSPS) is 25.3. The van der Waals surface area contributed by atoms with Crippen molar-refractivity contribution in [1.82, 2.24) is 15.5 Å². The molecule has 1 heterocycles. The van der Waals surface area contributed by atoms with Gasteiger partial charge in [-0.15, -0.1) is 0 Å². The second kappa shape index (κ2) is 6.73. The van der Waals surface area contributed by atoms with Crippen molar-refractivity contribution in [2.75, 3.05) is 20.1 Å². The van der Waals surface area contributed by atoms with Crippen LogP contribution in [0.25, 0.3) is 0 Å². The molecule has 0 saturated carbocycles. The number of nitrogens with zero attached hydrogens (tertiary/aromatic N) is 1. The first-order valence-electron chi connectivity index (χ1n) is 6.74. The summed E-state index contributed by atoms with van der Waals surface area (Å²) in [5.41, 5.74) is 0. The maximum absolute atomic E-state index is 12.0. The third-order valence-electron chi connectivity index (χ3n) is 3.56. The van der Waals surface area contributed by atoms with Crippen LogP contribution in [-0.2, 0) is 9.59 Å². The van der Waals surface area contributed by atoms with Gasteiger partial charge < -0.3 is 15.5 Å². The molecule has 2 N–H and O–H groups in total. The fourth-order valence-corrected chi connectivity index (χ4v) is 2.17. The quantitative estimate of drug-likeness (QED) is 0.762. The molecule has 0 spiro atoms. The summed E-state index contributed by atoms with van der Waals surface area (Å²) in [6, 6.07) is -0.614. The monoisotopic (exact) mass is 255 g/mol. The highest BCUT2D eigenvalue weighted by Crippen LogP contribution is 2.15. The van der Waals surface area contributed by atoms with E-state index in [1.54, 1.807) is 18.9 Å². The van der Waals surface area contributed by atoms with Gasteiger partial charge in [0, 0.05) is 13.6 Å². The van der Waals surface area contributed by atoms with Crippen molar-refractivity contribution in [3.05, 3.63) is 0 Å². The molecule has 0 aromatic rings. The average molecular weight is 255 g/mol. The Hall–Kier alpha value is -1.10. The lowest BCUT2D eigenvalue weighted by molar-refractivity contribution is -0.135. The highest BCUT2D eigenvalue weighted by Gasteiger charge is 2.27. The average Bonchev–Trinajstić information content (AvgIpc) is 2.36. The van der Waals surface area contributed by atoms with E-state index in [4.69, 9.17) is 0 Å². The van der Waals surface area contributed by atoms with Crippen molar-refractivity contribution in [1.29, 1.82) is 0 Å². The molecule has 3 atom stereocenters. The number of nitrogens with one attached hydrogen (secondary N) is 2. The molecule has 1 aliphatic heterocycles. The molecule has 0 bridgehead atoms. The van der Waals surface area contributed by atoms with Gasteiger partial charge >= 0.3 is 0 Å². The van der Waals surface area contributed by atoms with Crippen LogP contribution in [0.4, 0.5) is 0 Å². The summed E-state index contributed by atoms with van der Waals surface area (Å²) in [7, 11) is 1.74. The van der Waals surface area contributed by atoms with Gasteiger partial charge in [0.1, 0.15) is 6.04 Å². The number of carbonyl (C=O) groups is 2. The van der Waals surface area contributed by atoms with Crippen LogP contribution in [0.2, 0.25) is 0 Å². The molecule has 0 radical (unpaired) electrons. The molecular formula is C13H25N3O2. The highest BCUT2D eigenvalue weighted by atomic mass is 16.2. The molecule has 3 unspecified atom stereocenters. The minimum absolute atomic E-state index is 0.0466. The molecule has 1 aliphatic rings. The molecule has 1 fully saturated rings. The van der Waals surface area contributed by atoms with Gasteiger partial charge in [0.05, 0.1) is 6.04 Å². The van der Waals surface area contributed by atoms with Crippen LogP contribution in [0.5, 0.6) is 0 Å². The molecule has 0 aromatic carbocycles. The van der Waals surface area contributed by atoms with E-state index in [1.807, 2.05) is 6.92 Å². The second-order valence-electron chi connectivity index (χ2n) is 5.22. The molecular weight excluding hydrogens is 230 g/mol. The fourth-order valence-electron chi connectivity index (χ4n) is 2.17. The smallest absolute Gasteiger partial charge is 0.244 e. The topological polar surface area (TPSA) is 61.4 Å². The lowest BCUT2D eigenvalue weighted by Gasteiger charge is -2.29. The van der Waals surface area contributed by atoms with Crippen molar-refractivity contribution in [3.63, 3.8) is 0 Å². The number of likely N-dealkylation sites (N-methyl/N-ethyl adjacent to an activating group) is 1. The summed E-state index contributed by atoms with van der Waals surface area (Å²) in [5.74, 6) is 0.452. The number of carbonyl (C=O) groups excluding carboxylic acids is 2. The third-order valence-corrected chi connectivity index (χ3v) is 3.56. The Balaban J connectivity index is 2.46. The van der Waals surface area contributed by atoms with Crippen LogP contribution >= 0.6 is 0 Å². The van der Waals surface area contributed by atoms with Gasteiger partial charge in [-0.2, -0.15) is 0 Å². The van der Waals surface area contributed by atoms with Gasteiger partial charge in [-0.05, 0) is 39.2 Å². The minimum atomic E-state index is -0.457. The van der Waals surface area contributed by atoms with Gasteiger partial charge in [0.25, 0.3) is 0 Å². The Labute approximate surface area is 109 Å². The summed E-state index contributed by atoms with van der Waals surface area (Å²) in [6.45, 7) is 7.32.